The molecule has 0 radical (unpaired) electrons. The third-order valence-corrected chi connectivity index (χ3v) is 9.85. The first kappa shape index (κ1) is 22.5. The Kier molecular flexibility index (Phi) is 6.47. The van der Waals surface area contributed by atoms with Crippen LogP contribution in [-0.4, -0.2) is 60.3 Å². The fourth-order valence-corrected chi connectivity index (χ4v) is 8.54. The van der Waals surface area contributed by atoms with Crippen LogP contribution in [0.15, 0.2) is 59.6 Å². The van der Waals surface area contributed by atoms with Crippen molar-refractivity contribution >= 4 is 38.4 Å². The Morgan fingerprint density at radius 3 is 2.42 bits per heavy atom. The number of nitrogens with one attached hydrogen (secondary N) is 1. The van der Waals surface area contributed by atoms with Crippen molar-refractivity contribution in [2.24, 2.45) is 10.9 Å². The molecular formula is C25H29N3O3S2. The molecule has 33 heavy (non-hydrogen) atoms. The molecule has 0 bridgehead atoms. The van der Waals surface area contributed by atoms with Crippen LogP contribution in [0.25, 0.3) is 0 Å². The molecule has 0 unspecified atom stereocenters. The van der Waals surface area contributed by atoms with Gasteiger partial charge in [-0.2, -0.15) is 0 Å². The van der Waals surface area contributed by atoms with E-state index in [1.807, 2.05) is 35.2 Å². The molecule has 1 N–H and O–H groups in total. The Bertz CT molecular complexity index is 1130. The summed E-state index contributed by atoms with van der Waals surface area (Å²) in [5.41, 5.74) is 3.29. The molecule has 0 saturated carbocycles. The number of carbonyl (C=O) groups is 1. The van der Waals surface area contributed by atoms with Crippen molar-refractivity contribution in [1.82, 2.24) is 4.90 Å². The summed E-state index contributed by atoms with van der Waals surface area (Å²) in [7, 11) is -2.94. The van der Waals surface area contributed by atoms with E-state index in [0.29, 0.717) is 12.3 Å². The third kappa shape index (κ3) is 5.61. The van der Waals surface area contributed by atoms with E-state index >= 15 is 0 Å². The molecule has 0 aromatic heterocycles. The number of amidine groups is 1. The molecule has 8 heteroatoms. The second-order valence-corrected chi connectivity index (χ2v) is 12.6. The van der Waals surface area contributed by atoms with Crippen molar-refractivity contribution in [3.63, 3.8) is 0 Å². The Morgan fingerprint density at radius 1 is 1.00 bits per heavy atom. The van der Waals surface area contributed by atoms with Crippen molar-refractivity contribution in [3.8, 4) is 0 Å². The second kappa shape index (κ2) is 9.50. The van der Waals surface area contributed by atoms with Gasteiger partial charge < -0.3 is 10.2 Å². The van der Waals surface area contributed by atoms with Crippen LogP contribution in [0.1, 0.15) is 24.0 Å². The first-order valence-corrected chi connectivity index (χ1v) is 14.3. The number of hydrogen-bond donors (Lipinski definition) is 1. The molecule has 1 amide bonds. The summed E-state index contributed by atoms with van der Waals surface area (Å²) in [6.07, 6.45) is 3.64. The van der Waals surface area contributed by atoms with Crippen molar-refractivity contribution < 1.29 is 13.2 Å². The van der Waals surface area contributed by atoms with E-state index in [9.17, 15) is 13.2 Å². The summed E-state index contributed by atoms with van der Waals surface area (Å²) in [6.45, 7) is 1.68. The predicted molar refractivity (Wildman–Crippen MR) is 134 cm³/mol. The van der Waals surface area contributed by atoms with E-state index < -0.39 is 9.84 Å². The lowest BCUT2D eigenvalue weighted by molar-refractivity contribution is -0.131. The maximum Gasteiger partial charge on any atom is 0.226 e. The van der Waals surface area contributed by atoms with Crippen LogP contribution in [0, 0.1) is 5.92 Å². The van der Waals surface area contributed by atoms with Crippen molar-refractivity contribution in [2.75, 3.05) is 29.9 Å². The summed E-state index contributed by atoms with van der Waals surface area (Å²) < 4.78 is 23.4. The van der Waals surface area contributed by atoms with Crippen LogP contribution in [0.2, 0.25) is 0 Å². The number of rotatable bonds is 5. The Hall–Kier alpha value is -2.32. The molecule has 2 aromatic rings. The number of carbonyl (C=O) groups excluding carboxylic acids is 1. The van der Waals surface area contributed by atoms with E-state index in [1.165, 1.54) is 17.3 Å². The number of fused-ring (bicyclic) bond motifs is 1. The van der Waals surface area contributed by atoms with Crippen LogP contribution in [0.5, 0.6) is 0 Å². The molecule has 0 aliphatic carbocycles. The van der Waals surface area contributed by atoms with Gasteiger partial charge in [0.15, 0.2) is 15.0 Å². The van der Waals surface area contributed by atoms with E-state index in [2.05, 4.69) is 34.6 Å². The lowest BCUT2D eigenvalue weighted by Gasteiger charge is -2.32. The van der Waals surface area contributed by atoms with Gasteiger partial charge in [-0.3, -0.25) is 9.79 Å². The van der Waals surface area contributed by atoms with Crippen LogP contribution in [-0.2, 0) is 27.5 Å². The quantitative estimate of drug-likeness (QED) is 0.705. The highest BCUT2D eigenvalue weighted by molar-refractivity contribution is 8.15. The maximum atomic E-state index is 12.8. The molecule has 2 saturated heterocycles. The molecular weight excluding hydrogens is 454 g/mol. The summed E-state index contributed by atoms with van der Waals surface area (Å²) in [5, 5.41) is 4.10. The largest absolute Gasteiger partial charge is 0.342 e. The topological polar surface area (TPSA) is 78.8 Å². The Morgan fingerprint density at radius 2 is 1.73 bits per heavy atom. The second-order valence-electron chi connectivity index (χ2n) is 9.25. The third-order valence-electron chi connectivity index (χ3n) is 6.71. The minimum Gasteiger partial charge on any atom is -0.342 e. The normalized spacial score (nSPS) is 24.4. The van der Waals surface area contributed by atoms with E-state index in [4.69, 9.17) is 0 Å². The average molecular weight is 484 g/mol. The number of hydrogen-bond acceptors (Lipinski definition) is 6. The van der Waals surface area contributed by atoms with Crippen LogP contribution in [0.4, 0.5) is 5.69 Å². The number of likely N-dealkylation sites (tertiary alicyclic amines) is 1. The number of thioether (sulfide) groups is 1. The molecule has 174 valence electrons. The fraction of sp³-hybridized carbons (Fsp3) is 0.440. The zero-order valence-electron chi connectivity index (χ0n) is 18.5. The van der Waals surface area contributed by atoms with Crippen molar-refractivity contribution in [1.29, 1.82) is 0 Å². The minimum atomic E-state index is -2.94. The summed E-state index contributed by atoms with van der Waals surface area (Å²) >= 11 is 1.51. The van der Waals surface area contributed by atoms with Gasteiger partial charge in [0.1, 0.15) is 0 Å². The smallest absolute Gasteiger partial charge is 0.226 e. The number of amides is 1. The maximum absolute atomic E-state index is 12.8. The Labute approximate surface area is 199 Å². The highest BCUT2D eigenvalue weighted by Crippen LogP contribution is 2.34. The first-order chi connectivity index (χ1) is 15.9. The number of nitrogens with zero attached hydrogens (tertiary/aromatic N) is 2. The molecule has 6 nitrogen and oxygen atoms in total. The molecule has 3 aliphatic heterocycles. The van der Waals surface area contributed by atoms with Gasteiger partial charge in [-0.15, -0.1) is 0 Å². The van der Waals surface area contributed by atoms with Gasteiger partial charge in [0.25, 0.3) is 0 Å². The molecule has 3 aliphatic rings. The molecule has 2 atom stereocenters. The minimum absolute atomic E-state index is 0.0335. The fourth-order valence-electron chi connectivity index (χ4n) is 4.87. The number of aliphatic imine (C=N–C) groups is 1. The molecule has 0 spiro atoms. The van der Waals surface area contributed by atoms with Gasteiger partial charge in [-0.25, -0.2) is 8.42 Å². The monoisotopic (exact) mass is 483 g/mol. The zero-order valence-corrected chi connectivity index (χ0v) is 20.2. The van der Waals surface area contributed by atoms with Gasteiger partial charge >= 0.3 is 0 Å². The highest BCUT2D eigenvalue weighted by atomic mass is 32.2. The van der Waals surface area contributed by atoms with Crippen LogP contribution < -0.4 is 5.32 Å². The first-order valence-electron chi connectivity index (χ1n) is 11.6. The van der Waals surface area contributed by atoms with E-state index in [1.54, 1.807) is 0 Å². The van der Waals surface area contributed by atoms with Crippen molar-refractivity contribution in [2.45, 2.75) is 37.0 Å². The van der Waals surface area contributed by atoms with Gasteiger partial charge in [0, 0.05) is 24.0 Å². The summed E-state index contributed by atoms with van der Waals surface area (Å²) in [6, 6.07) is 18.4. The standard InChI is InChI=1S/C25H29N3O3S2/c29-24(28-12-10-20(11-13-28)14-18-4-2-1-3-5-18)15-19-6-8-21(9-7-19)26-25-27-22-16-33(30,31)17-23(22)32-25/h1-9,20,22-23H,10-17H2,(H,26,27)/t22-,23-/m1/s1. The van der Waals surface area contributed by atoms with Gasteiger partial charge in [0.05, 0.1) is 24.0 Å². The SMILES string of the molecule is O=C(Cc1ccc(NC2=N[C@@H]3CS(=O)(=O)C[C@H]3S2)cc1)N1CCC(Cc2ccccc2)CC1. The number of piperidine rings is 1. The molecule has 3 heterocycles. The van der Waals surface area contributed by atoms with Crippen molar-refractivity contribution in [3.05, 3.63) is 65.7 Å². The number of benzene rings is 2. The predicted octanol–water partition coefficient (Wildman–Crippen LogP) is 3.39. The highest BCUT2D eigenvalue weighted by Gasteiger charge is 2.42. The van der Waals surface area contributed by atoms with Gasteiger partial charge in [-0.05, 0) is 48.4 Å². The average Bonchev–Trinajstić information content (AvgIpc) is 3.28. The molecule has 2 aromatic carbocycles. The zero-order chi connectivity index (χ0) is 22.8. The summed E-state index contributed by atoms with van der Waals surface area (Å²) in [5.74, 6) is 1.21. The molecule has 5 rings (SSSR count). The van der Waals surface area contributed by atoms with Crippen LogP contribution >= 0.6 is 11.8 Å². The molecule has 2 fully saturated rings. The Balaban J connectivity index is 1.09. The summed E-state index contributed by atoms with van der Waals surface area (Å²) in [4.78, 5) is 19.3. The number of sulfone groups is 1. The van der Waals surface area contributed by atoms with Gasteiger partial charge in [-0.1, -0.05) is 54.2 Å². The van der Waals surface area contributed by atoms with Crippen LogP contribution in [0.3, 0.4) is 0 Å². The van der Waals surface area contributed by atoms with E-state index in [0.717, 1.165) is 48.8 Å². The number of anilines is 1. The van der Waals surface area contributed by atoms with Gasteiger partial charge in [0.2, 0.25) is 5.91 Å². The van der Waals surface area contributed by atoms with E-state index in [-0.39, 0.29) is 28.7 Å². The lowest BCUT2D eigenvalue weighted by atomic mass is 9.90. The lowest BCUT2D eigenvalue weighted by Crippen LogP contribution is -2.39.